The number of rotatable bonds is 4. The molecular weight excluding hydrogens is 339 g/mol. The lowest BCUT2D eigenvalue weighted by atomic mass is 10.2. The van der Waals surface area contributed by atoms with E-state index in [1.165, 1.54) is 18.9 Å². The summed E-state index contributed by atoms with van der Waals surface area (Å²) in [6.45, 7) is 2.85. The van der Waals surface area contributed by atoms with Crippen LogP contribution in [0.15, 0.2) is 27.2 Å². The molecule has 1 aliphatic rings. The summed E-state index contributed by atoms with van der Waals surface area (Å²) in [5.41, 5.74) is 6.66. The van der Waals surface area contributed by atoms with Crippen molar-refractivity contribution in [3.05, 3.63) is 34.3 Å². The van der Waals surface area contributed by atoms with Crippen LogP contribution in [0.3, 0.4) is 0 Å². The summed E-state index contributed by atoms with van der Waals surface area (Å²) in [6, 6.07) is 4.39. The Morgan fingerprint density at radius 2 is 2.14 bits per heavy atom. The van der Waals surface area contributed by atoms with Crippen LogP contribution in [0.4, 0.5) is 4.39 Å². The molecule has 1 aromatic carbocycles. The summed E-state index contributed by atoms with van der Waals surface area (Å²) in [5, 5.41) is 3.91. The van der Waals surface area contributed by atoms with Crippen LogP contribution in [-0.4, -0.2) is 34.7 Å². The minimum absolute atomic E-state index is 0.285. The van der Waals surface area contributed by atoms with E-state index in [2.05, 4.69) is 31.0 Å². The lowest BCUT2D eigenvalue weighted by Gasteiger charge is -2.17. The fourth-order valence-corrected chi connectivity index (χ4v) is 2.70. The van der Waals surface area contributed by atoms with E-state index in [0.29, 0.717) is 22.4 Å². The number of likely N-dealkylation sites (tertiary alicyclic amines) is 1. The van der Waals surface area contributed by atoms with Crippen LogP contribution < -0.4 is 5.73 Å². The fraction of sp³-hybridized carbons (Fsp3) is 0.429. The molecule has 2 aromatic rings. The fourth-order valence-electron chi connectivity index (χ4n) is 2.46. The van der Waals surface area contributed by atoms with Crippen LogP contribution in [0.2, 0.25) is 0 Å². The molecule has 0 bridgehead atoms. The van der Waals surface area contributed by atoms with Crippen molar-refractivity contribution in [2.45, 2.75) is 18.9 Å². The Kier molecular flexibility index (Phi) is 4.32. The van der Waals surface area contributed by atoms with Gasteiger partial charge in [0.05, 0.1) is 10.5 Å². The average molecular weight is 355 g/mol. The predicted octanol–water partition coefficient (Wildman–Crippen LogP) is 2.73. The molecule has 2 heterocycles. The van der Waals surface area contributed by atoms with Crippen LogP contribution in [0.1, 0.15) is 24.7 Å². The van der Waals surface area contributed by atoms with E-state index in [-0.39, 0.29) is 17.7 Å². The van der Waals surface area contributed by atoms with Crippen molar-refractivity contribution in [2.75, 3.05) is 19.6 Å². The van der Waals surface area contributed by atoms with Crippen molar-refractivity contribution in [1.82, 2.24) is 15.0 Å². The maximum atomic E-state index is 13.5. The second kappa shape index (κ2) is 6.21. The van der Waals surface area contributed by atoms with Crippen LogP contribution in [-0.2, 0) is 0 Å². The van der Waals surface area contributed by atoms with Crippen molar-refractivity contribution in [3.63, 3.8) is 0 Å². The number of hydrogen-bond donors (Lipinski definition) is 1. The first-order chi connectivity index (χ1) is 10.1. The molecule has 0 radical (unpaired) electrons. The summed E-state index contributed by atoms with van der Waals surface area (Å²) < 4.78 is 19.1. The van der Waals surface area contributed by atoms with Crippen LogP contribution in [0.25, 0.3) is 11.5 Å². The summed E-state index contributed by atoms with van der Waals surface area (Å²) >= 11 is 3.11. The number of aromatic nitrogens is 2. The molecule has 1 aromatic heterocycles. The second-order valence-corrected chi connectivity index (χ2v) is 6.06. The smallest absolute Gasteiger partial charge is 0.258 e. The molecule has 21 heavy (non-hydrogen) atoms. The quantitative estimate of drug-likeness (QED) is 0.914. The Labute approximate surface area is 130 Å². The van der Waals surface area contributed by atoms with E-state index in [1.807, 2.05) is 0 Å². The molecule has 2 N–H and O–H groups in total. The maximum Gasteiger partial charge on any atom is 0.258 e. The zero-order valence-electron chi connectivity index (χ0n) is 11.4. The number of nitrogens with two attached hydrogens (primary N) is 1. The molecule has 3 rings (SSSR count). The molecule has 5 nitrogen and oxygen atoms in total. The molecule has 1 fully saturated rings. The molecule has 0 saturated carbocycles. The molecule has 1 atom stereocenters. The summed E-state index contributed by atoms with van der Waals surface area (Å²) in [5.74, 6) is 0.377. The minimum atomic E-state index is -0.367. The van der Waals surface area contributed by atoms with Gasteiger partial charge in [-0.25, -0.2) is 4.39 Å². The normalized spacial score (nSPS) is 17.3. The SMILES string of the molecule is NC(CN1CCCC1)c1noc(-c2ccc(Br)c(F)c2)n1. The van der Waals surface area contributed by atoms with Crippen molar-refractivity contribution < 1.29 is 8.91 Å². The maximum absolute atomic E-state index is 13.5. The Hall–Kier alpha value is -1.31. The Balaban J connectivity index is 1.74. The van der Waals surface area contributed by atoms with E-state index in [4.69, 9.17) is 10.3 Å². The van der Waals surface area contributed by atoms with Gasteiger partial charge in [-0.05, 0) is 60.1 Å². The lowest BCUT2D eigenvalue weighted by Crippen LogP contribution is -2.30. The van der Waals surface area contributed by atoms with Gasteiger partial charge in [0.15, 0.2) is 5.82 Å². The van der Waals surface area contributed by atoms with Crippen molar-refractivity contribution >= 4 is 15.9 Å². The van der Waals surface area contributed by atoms with Gasteiger partial charge in [-0.2, -0.15) is 4.98 Å². The monoisotopic (exact) mass is 354 g/mol. The molecule has 112 valence electrons. The van der Waals surface area contributed by atoms with E-state index in [1.54, 1.807) is 12.1 Å². The lowest BCUT2D eigenvalue weighted by molar-refractivity contribution is 0.306. The van der Waals surface area contributed by atoms with E-state index < -0.39 is 0 Å². The Morgan fingerprint density at radius 3 is 2.86 bits per heavy atom. The van der Waals surface area contributed by atoms with Gasteiger partial charge in [0, 0.05) is 12.1 Å². The predicted molar refractivity (Wildman–Crippen MR) is 80.0 cm³/mol. The van der Waals surface area contributed by atoms with E-state index >= 15 is 0 Å². The first kappa shape index (κ1) is 14.6. The highest BCUT2D eigenvalue weighted by atomic mass is 79.9. The highest BCUT2D eigenvalue weighted by Crippen LogP contribution is 2.24. The molecule has 7 heteroatoms. The van der Waals surface area contributed by atoms with Crippen molar-refractivity contribution in [3.8, 4) is 11.5 Å². The van der Waals surface area contributed by atoms with Crippen LogP contribution in [0, 0.1) is 5.82 Å². The van der Waals surface area contributed by atoms with Gasteiger partial charge in [0.1, 0.15) is 5.82 Å². The molecular formula is C14H16BrFN4O. The van der Waals surface area contributed by atoms with Crippen LogP contribution in [0.5, 0.6) is 0 Å². The van der Waals surface area contributed by atoms with E-state index in [0.717, 1.165) is 13.1 Å². The standard InChI is InChI=1S/C14H16BrFN4O/c15-10-4-3-9(7-11(10)16)14-18-13(19-21-14)12(17)8-20-5-1-2-6-20/h3-4,7,12H,1-2,5-6,8,17H2. The highest BCUT2D eigenvalue weighted by molar-refractivity contribution is 9.10. The van der Waals surface area contributed by atoms with Gasteiger partial charge >= 0.3 is 0 Å². The van der Waals surface area contributed by atoms with Gasteiger partial charge in [-0.1, -0.05) is 5.16 Å². The third-order valence-electron chi connectivity index (χ3n) is 3.59. The largest absolute Gasteiger partial charge is 0.334 e. The first-order valence-corrected chi connectivity index (χ1v) is 7.70. The molecule has 0 aliphatic carbocycles. The van der Waals surface area contributed by atoms with Gasteiger partial charge in [-0.15, -0.1) is 0 Å². The number of benzene rings is 1. The molecule has 1 unspecified atom stereocenters. The summed E-state index contributed by atoms with van der Waals surface area (Å²) in [7, 11) is 0. The Morgan fingerprint density at radius 1 is 1.38 bits per heavy atom. The zero-order valence-corrected chi connectivity index (χ0v) is 13.0. The van der Waals surface area contributed by atoms with Crippen LogP contribution >= 0.6 is 15.9 Å². The molecule has 1 aliphatic heterocycles. The van der Waals surface area contributed by atoms with Gasteiger partial charge < -0.3 is 15.2 Å². The number of halogens is 2. The molecule has 1 saturated heterocycles. The highest BCUT2D eigenvalue weighted by Gasteiger charge is 2.20. The van der Waals surface area contributed by atoms with Crippen molar-refractivity contribution in [2.24, 2.45) is 5.73 Å². The summed E-state index contributed by atoms with van der Waals surface area (Å²) in [4.78, 5) is 6.57. The number of nitrogens with zero attached hydrogens (tertiary/aromatic N) is 3. The molecule has 0 amide bonds. The van der Waals surface area contributed by atoms with Gasteiger partial charge in [0.25, 0.3) is 5.89 Å². The van der Waals surface area contributed by atoms with Crippen molar-refractivity contribution in [1.29, 1.82) is 0 Å². The topological polar surface area (TPSA) is 68.2 Å². The third kappa shape index (κ3) is 3.30. The first-order valence-electron chi connectivity index (χ1n) is 6.90. The van der Waals surface area contributed by atoms with Gasteiger partial charge in [0.2, 0.25) is 0 Å². The minimum Gasteiger partial charge on any atom is -0.334 e. The van der Waals surface area contributed by atoms with E-state index in [9.17, 15) is 4.39 Å². The van der Waals surface area contributed by atoms with Gasteiger partial charge in [-0.3, -0.25) is 0 Å². The second-order valence-electron chi connectivity index (χ2n) is 5.20. The Bertz CT molecular complexity index is 627. The third-order valence-corrected chi connectivity index (χ3v) is 4.24. The molecule has 0 spiro atoms. The number of hydrogen-bond acceptors (Lipinski definition) is 5. The summed E-state index contributed by atoms with van der Waals surface area (Å²) in [6.07, 6.45) is 2.42. The average Bonchev–Trinajstić information content (AvgIpc) is 3.12. The zero-order chi connectivity index (χ0) is 14.8.